The van der Waals surface area contributed by atoms with Crippen LogP contribution in [0.15, 0.2) is 30.3 Å². The summed E-state index contributed by atoms with van der Waals surface area (Å²) < 4.78 is 1.76. The highest BCUT2D eigenvalue weighted by molar-refractivity contribution is 5.81. The van der Waals surface area contributed by atoms with E-state index in [1.165, 1.54) is 0 Å². The molecule has 0 bridgehead atoms. The average Bonchev–Trinajstić information content (AvgIpc) is 2.67. The van der Waals surface area contributed by atoms with E-state index in [0.29, 0.717) is 12.0 Å². The molecule has 2 aromatic rings. The highest BCUT2D eigenvalue weighted by Gasteiger charge is 2.10. The lowest BCUT2D eigenvalue weighted by atomic mass is 10.2. The molecule has 1 unspecified atom stereocenters. The Morgan fingerprint density at radius 2 is 2.12 bits per heavy atom. The average molecular weight is 219 g/mol. The first-order valence-corrected chi connectivity index (χ1v) is 5.07. The number of hydrogen-bond acceptors (Lipinski definition) is 3. The summed E-state index contributed by atoms with van der Waals surface area (Å²) in [5.74, 6) is 0. The normalized spacial score (nSPS) is 12.9. The van der Waals surface area contributed by atoms with Gasteiger partial charge in [0.05, 0.1) is 13.2 Å². The zero-order valence-corrected chi connectivity index (χ0v) is 8.71. The molecule has 0 aliphatic carbocycles. The van der Waals surface area contributed by atoms with E-state index in [0.717, 1.165) is 10.9 Å². The van der Waals surface area contributed by atoms with Gasteiger partial charge in [-0.1, -0.05) is 18.2 Å². The van der Waals surface area contributed by atoms with Gasteiger partial charge in [0, 0.05) is 11.2 Å². The predicted octanol–water partition coefficient (Wildman–Crippen LogP) is 0.693. The molecule has 2 rings (SSSR count). The number of carbonyl (C=O) groups is 1. The molecule has 0 aliphatic rings. The number of fused-ring (bicyclic) bond motifs is 1. The molecule has 16 heavy (non-hydrogen) atoms. The second-order valence-corrected chi connectivity index (χ2v) is 3.67. The summed E-state index contributed by atoms with van der Waals surface area (Å²) in [5.41, 5.74) is 1.61. The fourth-order valence-electron chi connectivity index (χ4n) is 1.84. The van der Waals surface area contributed by atoms with Gasteiger partial charge in [-0.25, -0.2) is 0 Å². The van der Waals surface area contributed by atoms with Gasteiger partial charge in [0.1, 0.15) is 12.4 Å². The van der Waals surface area contributed by atoms with Gasteiger partial charge < -0.3 is 19.6 Å². The van der Waals surface area contributed by atoms with Crippen LogP contribution in [0.4, 0.5) is 0 Å². The molecule has 1 atom stereocenters. The second-order valence-electron chi connectivity index (χ2n) is 3.67. The lowest BCUT2D eigenvalue weighted by Gasteiger charge is -2.10. The zero-order valence-electron chi connectivity index (χ0n) is 8.71. The molecule has 0 saturated heterocycles. The van der Waals surface area contributed by atoms with E-state index < -0.39 is 6.10 Å². The van der Waals surface area contributed by atoms with Crippen molar-refractivity contribution < 1.29 is 15.0 Å². The lowest BCUT2D eigenvalue weighted by Crippen LogP contribution is -2.18. The predicted molar refractivity (Wildman–Crippen MR) is 59.9 cm³/mol. The van der Waals surface area contributed by atoms with Gasteiger partial charge in [-0.15, -0.1) is 0 Å². The zero-order chi connectivity index (χ0) is 11.5. The molecule has 1 aromatic carbocycles. The fourth-order valence-corrected chi connectivity index (χ4v) is 1.84. The Kier molecular flexibility index (Phi) is 3.03. The number of hydrogen-bond donors (Lipinski definition) is 2. The monoisotopic (exact) mass is 219 g/mol. The number of aliphatic hydroxyl groups is 2. The van der Waals surface area contributed by atoms with Crippen molar-refractivity contribution in [1.82, 2.24) is 4.57 Å². The highest BCUT2D eigenvalue weighted by Crippen LogP contribution is 2.20. The number of nitrogens with zero attached hydrogens (tertiary/aromatic N) is 1. The molecule has 0 amide bonds. The molecule has 0 aliphatic heterocycles. The summed E-state index contributed by atoms with van der Waals surface area (Å²) in [4.78, 5) is 10.4. The second kappa shape index (κ2) is 4.47. The maximum atomic E-state index is 10.4. The van der Waals surface area contributed by atoms with E-state index in [1.807, 2.05) is 30.3 Å². The van der Waals surface area contributed by atoms with E-state index in [2.05, 4.69) is 0 Å². The van der Waals surface area contributed by atoms with Gasteiger partial charge in [0.15, 0.2) is 0 Å². The number of aliphatic hydroxyl groups excluding tert-OH is 2. The van der Waals surface area contributed by atoms with Gasteiger partial charge in [-0.05, 0) is 17.5 Å². The van der Waals surface area contributed by atoms with Crippen LogP contribution >= 0.6 is 0 Å². The third-order valence-corrected chi connectivity index (χ3v) is 2.59. The molecule has 1 aromatic heterocycles. The number of benzene rings is 1. The highest BCUT2D eigenvalue weighted by atomic mass is 16.3. The van der Waals surface area contributed by atoms with Crippen LogP contribution in [0.1, 0.15) is 5.69 Å². The van der Waals surface area contributed by atoms with Crippen molar-refractivity contribution >= 4 is 17.2 Å². The van der Waals surface area contributed by atoms with E-state index in [4.69, 9.17) is 0 Å². The third kappa shape index (κ3) is 1.85. The van der Waals surface area contributed by atoms with Crippen LogP contribution in [-0.2, 0) is 17.9 Å². The van der Waals surface area contributed by atoms with Gasteiger partial charge in [0.25, 0.3) is 0 Å². The van der Waals surface area contributed by atoms with Gasteiger partial charge in [-0.3, -0.25) is 0 Å². The van der Waals surface area contributed by atoms with E-state index in [1.54, 1.807) is 4.57 Å². The Morgan fingerprint density at radius 1 is 1.38 bits per heavy atom. The van der Waals surface area contributed by atoms with Crippen LogP contribution in [0.2, 0.25) is 0 Å². The van der Waals surface area contributed by atoms with Crippen molar-refractivity contribution in [1.29, 1.82) is 0 Å². The van der Waals surface area contributed by atoms with Gasteiger partial charge in [-0.2, -0.15) is 0 Å². The number of para-hydroxylation sites is 1. The quantitative estimate of drug-likeness (QED) is 0.744. The summed E-state index contributed by atoms with van der Waals surface area (Å²) in [6.45, 7) is 0.0627. The van der Waals surface area contributed by atoms with Crippen molar-refractivity contribution in [2.75, 3.05) is 0 Å². The summed E-state index contributed by atoms with van der Waals surface area (Å²) in [7, 11) is 0. The first-order chi connectivity index (χ1) is 7.76. The van der Waals surface area contributed by atoms with Gasteiger partial charge in [0.2, 0.25) is 0 Å². The Hall–Kier alpha value is -1.65. The molecule has 84 valence electrons. The first kappa shape index (κ1) is 10.9. The molecule has 0 fully saturated rings. The van der Waals surface area contributed by atoms with E-state index >= 15 is 0 Å². The number of rotatable bonds is 4. The number of aldehydes is 1. The van der Waals surface area contributed by atoms with Crippen LogP contribution in [0.25, 0.3) is 10.9 Å². The molecular weight excluding hydrogens is 206 g/mol. The Bertz CT molecular complexity index is 504. The van der Waals surface area contributed by atoms with Crippen LogP contribution in [0.5, 0.6) is 0 Å². The SMILES string of the molecule is O=CC(O)Cn1c(CO)cc2ccccc21. The number of carbonyl (C=O) groups excluding carboxylic acids is 1. The Morgan fingerprint density at radius 3 is 2.81 bits per heavy atom. The topological polar surface area (TPSA) is 62.5 Å². The summed E-state index contributed by atoms with van der Waals surface area (Å²) in [5, 5.41) is 19.5. The largest absolute Gasteiger partial charge is 0.390 e. The lowest BCUT2D eigenvalue weighted by molar-refractivity contribution is -0.115. The molecule has 0 radical (unpaired) electrons. The van der Waals surface area contributed by atoms with Gasteiger partial charge >= 0.3 is 0 Å². The fraction of sp³-hybridized carbons (Fsp3) is 0.250. The maximum absolute atomic E-state index is 10.4. The maximum Gasteiger partial charge on any atom is 0.150 e. The number of aromatic nitrogens is 1. The molecule has 0 spiro atoms. The molecule has 0 saturated carbocycles. The van der Waals surface area contributed by atoms with Crippen molar-refractivity contribution in [2.45, 2.75) is 19.3 Å². The Labute approximate surface area is 92.7 Å². The third-order valence-electron chi connectivity index (χ3n) is 2.59. The van der Waals surface area contributed by atoms with Crippen molar-refractivity contribution in [3.05, 3.63) is 36.0 Å². The molecule has 2 N–H and O–H groups in total. The minimum absolute atomic E-state index is 0.111. The summed E-state index contributed by atoms with van der Waals surface area (Å²) in [6, 6.07) is 9.47. The summed E-state index contributed by atoms with van der Waals surface area (Å²) in [6.07, 6.45) is -0.545. The van der Waals surface area contributed by atoms with Crippen LogP contribution in [0.3, 0.4) is 0 Å². The molecule has 4 nitrogen and oxygen atoms in total. The summed E-state index contributed by atoms with van der Waals surface area (Å²) >= 11 is 0. The van der Waals surface area contributed by atoms with Crippen molar-refractivity contribution in [3.63, 3.8) is 0 Å². The molecule has 4 heteroatoms. The van der Waals surface area contributed by atoms with Crippen LogP contribution in [0, 0.1) is 0 Å². The standard InChI is InChI=1S/C12H13NO3/c14-7-10-5-9-3-1-2-4-12(9)13(10)6-11(16)8-15/h1-5,8,11,14,16H,6-7H2. The van der Waals surface area contributed by atoms with Crippen LogP contribution < -0.4 is 0 Å². The smallest absolute Gasteiger partial charge is 0.150 e. The van der Waals surface area contributed by atoms with E-state index in [-0.39, 0.29) is 13.2 Å². The molecule has 1 heterocycles. The minimum atomic E-state index is -1.04. The Balaban J connectivity index is 2.51. The van der Waals surface area contributed by atoms with E-state index in [9.17, 15) is 15.0 Å². The van der Waals surface area contributed by atoms with Crippen molar-refractivity contribution in [2.24, 2.45) is 0 Å². The van der Waals surface area contributed by atoms with Crippen LogP contribution in [-0.4, -0.2) is 27.2 Å². The molecular formula is C12H13NO3. The first-order valence-electron chi connectivity index (χ1n) is 5.07. The minimum Gasteiger partial charge on any atom is -0.390 e. The van der Waals surface area contributed by atoms with Crippen molar-refractivity contribution in [3.8, 4) is 0 Å².